The van der Waals surface area contributed by atoms with Gasteiger partial charge in [0, 0.05) is 23.7 Å². The first-order chi connectivity index (χ1) is 15.3. The molecular weight excluding hydrogens is 467 g/mol. The molecule has 8 atom stereocenters. The van der Waals surface area contributed by atoms with E-state index in [4.69, 9.17) is 32.7 Å². The van der Waals surface area contributed by atoms with Gasteiger partial charge in [0.15, 0.2) is 11.4 Å². The minimum Gasteiger partial charge on any atom is -0.463 e. The van der Waals surface area contributed by atoms with Crippen molar-refractivity contribution in [2.45, 2.75) is 69.2 Å². The van der Waals surface area contributed by atoms with Crippen molar-refractivity contribution in [2.24, 2.45) is 28.6 Å². The van der Waals surface area contributed by atoms with E-state index in [1.807, 2.05) is 26.8 Å². The maximum Gasteiger partial charge on any atom is 0.378 e. The second-order valence-corrected chi connectivity index (χ2v) is 11.7. The van der Waals surface area contributed by atoms with Gasteiger partial charge < -0.3 is 9.47 Å². The smallest absolute Gasteiger partial charge is 0.378 e. The van der Waals surface area contributed by atoms with E-state index < -0.39 is 50.3 Å². The Morgan fingerprint density at radius 2 is 1.85 bits per heavy atom. The summed E-state index contributed by atoms with van der Waals surface area (Å²) in [5.41, 5.74) is -2.25. The molecule has 0 spiro atoms. The first-order valence-corrected chi connectivity index (χ1v) is 12.2. The highest BCUT2D eigenvalue weighted by Crippen LogP contribution is 2.72. The molecule has 0 aromatic carbocycles. The predicted molar refractivity (Wildman–Crippen MR) is 123 cm³/mol. The molecule has 2 unspecified atom stereocenters. The number of ketones is 2. The van der Waals surface area contributed by atoms with Crippen molar-refractivity contribution in [1.29, 1.82) is 0 Å². The van der Waals surface area contributed by atoms with Gasteiger partial charge in [-0.1, -0.05) is 32.4 Å². The van der Waals surface area contributed by atoms with E-state index in [0.29, 0.717) is 19.3 Å². The zero-order valence-electron chi connectivity index (χ0n) is 19.6. The van der Waals surface area contributed by atoms with Crippen molar-refractivity contribution in [3.05, 3.63) is 23.8 Å². The van der Waals surface area contributed by atoms with E-state index in [1.165, 1.54) is 6.92 Å². The molecule has 0 aliphatic heterocycles. The topological polar surface area (TPSA) is 86.7 Å². The van der Waals surface area contributed by atoms with Crippen LogP contribution < -0.4 is 0 Å². The number of hydrogen-bond donors (Lipinski definition) is 0. The fourth-order valence-corrected chi connectivity index (χ4v) is 8.92. The molecule has 0 aromatic rings. The van der Waals surface area contributed by atoms with Crippen LogP contribution in [0.5, 0.6) is 0 Å². The van der Waals surface area contributed by atoms with Crippen LogP contribution in [0.1, 0.15) is 53.4 Å². The predicted octanol–water partition coefficient (Wildman–Crippen LogP) is 4.16. The summed E-state index contributed by atoms with van der Waals surface area (Å²) in [6.45, 7) is 6.99. The molecule has 3 fully saturated rings. The Labute approximate surface area is 204 Å². The zero-order chi connectivity index (χ0) is 24.6. The number of rotatable bonds is 3. The van der Waals surface area contributed by atoms with Gasteiger partial charge >= 0.3 is 11.9 Å². The van der Waals surface area contributed by atoms with Crippen molar-refractivity contribution in [2.75, 3.05) is 7.11 Å². The summed E-state index contributed by atoms with van der Waals surface area (Å²) >= 11 is 14.6. The molecule has 0 N–H and O–H groups in total. The average Bonchev–Trinajstić information content (AvgIpc) is 2.95. The number of carbonyl (C=O) groups is 4. The number of esters is 2. The summed E-state index contributed by atoms with van der Waals surface area (Å²) in [7, 11) is 1.14. The number of hydrogen-bond acceptors (Lipinski definition) is 6. The Balaban J connectivity index is 1.87. The summed E-state index contributed by atoms with van der Waals surface area (Å²) in [4.78, 5) is 49.4. The Kier molecular flexibility index (Phi) is 5.69. The highest BCUT2D eigenvalue weighted by Gasteiger charge is 2.77. The molecule has 0 saturated heterocycles. The quantitative estimate of drug-likeness (QED) is 0.331. The number of carbonyl (C=O) groups excluding carboxylic acids is 4. The Bertz CT molecular complexity index is 1000. The number of allylic oxidation sites excluding steroid dienone is 4. The van der Waals surface area contributed by atoms with Crippen LogP contribution in [0.15, 0.2) is 23.8 Å². The Morgan fingerprint density at radius 1 is 1.18 bits per heavy atom. The maximum atomic E-state index is 13.5. The Morgan fingerprint density at radius 3 is 2.45 bits per heavy atom. The van der Waals surface area contributed by atoms with Crippen LogP contribution in [-0.4, -0.2) is 46.5 Å². The second kappa shape index (κ2) is 7.67. The summed E-state index contributed by atoms with van der Waals surface area (Å²) in [6, 6.07) is 0. The molecule has 0 bridgehead atoms. The van der Waals surface area contributed by atoms with Gasteiger partial charge in [-0.05, 0) is 49.7 Å². The first-order valence-electron chi connectivity index (χ1n) is 11.4. The summed E-state index contributed by atoms with van der Waals surface area (Å²) in [5.74, 6) is -3.26. The van der Waals surface area contributed by atoms with Crippen molar-refractivity contribution < 1.29 is 28.7 Å². The molecule has 180 valence electrons. The van der Waals surface area contributed by atoms with Crippen LogP contribution >= 0.6 is 23.2 Å². The second-order valence-electron chi connectivity index (χ2n) is 10.5. The molecular formula is C25H30Cl2O6. The van der Waals surface area contributed by atoms with Gasteiger partial charge in [0.05, 0.1) is 17.4 Å². The average molecular weight is 497 g/mol. The number of alkyl halides is 2. The van der Waals surface area contributed by atoms with Crippen LogP contribution in [0.4, 0.5) is 0 Å². The molecule has 0 amide bonds. The highest BCUT2D eigenvalue weighted by molar-refractivity contribution is 6.38. The minimum atomic E-state index is -1.68. The monoisotopic (exact) mass is 496 g/mol. The van der Waals surface area contributed by atoms with Gasteiger partial charge in [0.2, 0.25) is 0 Å². The molecule has 3 saturated carbocycles. The van der Waals surface area contributed by atoms with Crippen molar-refractivity contribution in [3.63, 3.8) is 0 Å². The third-order valence-corrected chi connectivity index (χ3v) is 10.7. The molecule has 0 aromatic heterocycles. The van der Waals surface area contributed by atoms with E-state index >= 15 is 0 Å². The van der Waals surface area contributed by atoms with Crippen LogP contribution in [0.25, 0.3) is 0 Å². The van der Waals surface area contributed by atoms with E-state index in [-0.39, 0.29) is 24.0 Å². The van der Waals surface area contributed by atoms with Gasteiger partial charge in [0.25, 0.3) is 5.78 Å². The lowest BCUT2D eigenvalue weighted by Crippen LogP contribution is -2.68. The summed E-state index contributed by atoms with van der Waals surface area (Å²) < 4.78 is 10.6. The third-order valence-electron chi connectivity index (χ3n) is 9.15. The van der Waals surface area contributed by atoms with Crippen LogP contribution in [0.3, 0.4) is 0 Å². The lowest BCUT2D eigenvalue weighted by atomic mass is 9.46. The minimum absolute atomic E-state index is 0.0556. The standard InChI is InChI=1S/C25H30Cl2O6/c1-13-10-18-17-7-6-15-11-16(29)8-9-22(15,3)24(17,27)19(26)12-23(18,4)25(13,33-14(2)28)20(30)21(31)32-5/h8-9,11,13,17-19H,6-7,10,12H2,1-5H3/t13?,17-,18-,19?,22-,23-,24-,25-/m0/s1. The molecule has 33 heavy (non-hydrogen) atoms. The van der Waals surface area contributed by atoms with Crippen LogP contribution in [0.2, 0.25) is 0 Å². The van der Waals surface area contributed by atoms with Crippen LogP contribution in [-0.2, 0) is 28.7 Å². The van der Waals surface area contributed by atoms with E-state index in [1.54, 1.807) is 12.2 Å². The van der Waals surface area contributed by atoms with E-state index in [2.05, 4.69) is 0 Å². The molecule has 8 heteroatoms. The van der Waals surface area contributed by atoms with Crippen LogP contribution in [0, 0.1) is 28.6 Å². The summed E-state index contributed by atoms with van der Waals surface area (Å²) in [5, 5.41) is -0.609. The van der Waals surface area contributed by atoms with Crippen molar-refractivity contribution in [1.82, 2.24) is 0 Å². The Hall–Kier alpha value is -1.66. The van der Waals surface area contributed by atoms with E-state index in [9.17, 15) is 19.2 Å². The summed E-state index contributed by atoms with van der Waals surface area (Å²) in [6.07, 6.45) is 7.27. The molecule has 0 heterocycles. The number of fused-ring (bicyclic) bond motifs is 5. The number of methoxy groups -OCH3 is 1. The molecule has 6 nitrogen and oxygen atoms in total. The number of ether oxygens (including phenoxy) is 2. The molecule has 4 rings (SSSR count). The zero-order valence-corrected chi connectivity index (χ0v) is 21.1. The number of halogens is 2. The molecule has 0 radical (unpaired) electrons. The molecule has 4 aliphatic carbocycles. The fourth-order valence-electron chi connectivity index (χ4n) is 7.68. The van der Waals surface area contributed by atoms with Crippen molar-refractivity contribution in [3.8, 4) is 0 Å². The number of Topliss-reactive ketones (excluding diaryl/α,β-unsaturated/α-hetero) is 1. The fraction of sp³-hybridized carbons (Fsp3) is 0.680. The van der Waals surface area contributed by atoms with Crippen molar-refractivity contribution >= 4 is 46.7 Å². The molecule has 4 aliphatic rings. The normalized spacial score (nSPS) is 45.9. The largest absolute Gasteiger partial charge is 0.463 e. The highest BCUT2D eigenvalue weighted by atomic mass is 35.5. The SMILES string of the molecule is COC(=O)C(=O)[C@@]1(OC(C)=O)C(C)C[C@H]2[C@@H]3CCC4=CC(=O)C=C[C@]4(C)[C@@]3(Cl)C(Cl)C[C@@]21C. The van der Waals surface area contributed by atoms with Gasteiger partial charge in [-0.2, -0.15) is 0 Å². The van der Waals surface area contributed by atoms with Gasteiger partial charge in [-0.15, -0.1) is 23.2 Å². The van der Waals surface area contributed by atoms with Gasteiger partial charge in [-0.25, -0.2) is 4.79 Å². The lowest BCUT2D eigenvalue weighted by molar-refractivity contribution is -0.195. The van der Waals surface area contributed by atoms with Gasteiger partial charge in [-0.3, -0.25) is 14.4 Å². The maximum absolute atomic E-state index is 13.5. The third kappa shape index (κ3) is 2.92. The van der Waals surface area contributed by atoms with E-state index in [0.717, 1.165) is 12.7 Å². The first kappa shape index (κ1) is 24.5. The van der Waals surface area contributed by atoms with Gasteiger partial charge in [0.1, 0.15) is 0 Å². The lowest BCUT2D eigenvalue weighted by Gasteiger charge is -2.64.